The first-order valence-electron chi connectivity index (χ1n) is 8.78. The number of carbonyl (C=O) groups excluding carboxylic acids is 2. The lowest BCUT2D eigenvalue weighted by molar-refractivity contribution is -0.140. The second kappa shape index (κ2) is 10.7. The van der Waals surface area contributed by atoms with E-state index in [1.54, 1.807) is 11.6 Å². The van der Waals surface area contributed by atoms with E-state index in [0.29, 0.717) is 12.8 Å². The molecular weight excluding hydrogens is 316 g/mol. The maximum atomic E-state index is 12.8. The Morgan fingerprint density at radius 3 is 2.28 bits per heavy atom. The van der Waals surface area contributed by atoms with Gasteiger partial charge in [-0.2, -0.15) is 0 Å². The van der Waals surface area contributed by atoms with E-state index in [4.69, 9.17) is 5.21 Å². The van der Waals surface area contributed by atoms with Gasteiger partial charge in [0.25, 0.3) is 0 Å². The largest absolute Gasteiger partial charge is 0.353 e. The van der Waals surface area contributed by atoms with E-state index in [-0.39, 0.29) is 17.9 Å². The lowest BCUT2D eigenvalue weighted by Crippen LogP contribution is -2.45. The lowest BCUT2D eigenvalue weighted by atomic mass is 9.82. The van der Waals surface area contributed by atoms with Gasteiger partial charge < -0.3 is 5.32 Å². The van der Waals surface area contributed by atoms with E-state index < -0.39 is 17.7 Å². The zero-order chi connectivity index (χ0) is 18.8. The number of benzene rings is 1. The molecule has 25 heavy (non-hydrogen) atoms. The van der Waals surface area contributed by atoms with Crippen molar-refractivity contribution in [1.29, 1.82) is 0 Å². The summed E-state index contributed by atoms with van der Waals surface area (Å²) in [6.07, 6.45) is 3.23. The first-order chi connectivity index (χ1) is 11.9. The Kier molecular flexibility index (Phi) is 8.92. The fourth-order valence-electron chi connectivity index (χ4n) is 3.05. The molecule has 0 heterocycles. The van der Waals surface area contributed by atoms with E-state index >= 15 is 0 Å². The Bertz CT molecular complexity index is 557. The number of hydroxylamine groups is 1. The highest BCUT2D eigenvalue weighted by atomic mass is 16.5. The molecule has 1 rings (SSSR count). The summed E-state index contributed by atoms with van der Waals surface area (Å²) in [6, 6.07) is 9.89. The van der Waals surface area contributed by atoms with Crippen molar-refractivity contribution in [2.45, 2.75) is 46.1 Å². The molecule has 0 spiro atoms. The van der Waals surface area contributed by atoms with Crippen LogP contribution in [-0.2, 0) is 16.0 Å². The molecule has 0 saturated carbocycles. The van der Waals surface area contributed by atoms with Gasteiger partial charge in [0.05, 0.1) is 11.8 Å². The molecule has 2 amide bonds. The molecule has 0 radical (unpaired) electrons. The summed E-state index contributed by atoms with van der Waals surface area (Å²) >= 11 is 0. The average molecular weight is 346 g/mol. The molecule has 0 saturated heterocycles. The molecule has 0 aliphatic carbocycles. The molecule has 1 aromatic carbocycles. The smallest absolute Gasteiger partial charge is 0.247 e. The van der Waals surface area contributed by atoms with Crippen molar-refractivity contribution in [3.8, 4) is 0 Å². The van der Waals surface area contributed by atoms with Gasteiger partial charge in [0, 0.05) is 6.04 Å². The van der Waals surface area contributed by atoms with Crippen molar-refractivity contribution in [2.24, 2.45) is 17.8 Å². The van der Waals surface area contributed by atoms with Crippen LogP contribution < -0.4 is 10.8 Å². The van der Waals surface area contributed by atoms with Gasteiger partial charge in [-0.1, -0.05) is 50.3 Å². The third-order valence-corrected chi connectivity index (χ3v) is 4.19. The lowest BCUT2D eigenvalue weighted by Gasteiger charge is -2.27. The Hall–Kier alpha value is -2.14. The summed E-state index contributed by atoms with van der Waals surface area (Å²) in [5, 5.41) is 12.0. The van der Waals surface area contributed by atoms with Crippen LogP contribution in [0.2, 0.25) is 0 Å². The number of nitrogens with one attached hydrogen (secondary N) is 2. The van der Waals surface area contributed by atoms with Crippen LogP contribution in [0.15, 0.2) is 43.0 Å². The van der Waals surface area contributed by atoms with Crippen LogP contribution in [-0.4, -0.2) is 23.1 Å². The van der Waals surface area contributed by atoms with Gasteiger partial charge >= 0.3 is 0 Å². The number of amides is 2. The maximum Gasteiger partial charge on any atom is 0.247 e. The van der Waals surface area contributed by atoms with Crippen molar-refractivity contribution in [2.75, 3.05) is 0 Å². The van der Waals surface area contributed by atoms with Crippen molar-refractivity contribution in [3.63, 3.8) is 0 Å². The van der Waals surface area contributed by atoms with Gasteiger partial charge in [-0.3, -0.25) is 14.8 Å². The Morgan fingerprint density at radius 2 is 1.76 bits per heavy atom. The quantitative estimate of drug-likeness (QED) is 0.346. The predicted octanol–water partition coefficient (Wildman–Crippen LogP) is 3.09. The summed E-state index contributed by atoms with van der Waals surface area (Å²) in [7, 11) is 0. The van der Waals surface area contributed by atoms with Gasteiger partial charge in [0.15, 0.2) is 0 Å². The summed E-state index contributed by atoms with van der Waals surface area (Å²) < 4.78 is 0. The first kappa shape index (κ1) is 20.9. The first-order valence-corrected chi connectivity index (χ1v) is 8.78. The van der Waals surface area contributed by atoms with Gasteiger partial charge in [-0.15, -0.1) is 6.58 Å². The second-order valence-corrected chi connectivity index (χ2v) is 6.94. The molecule has 138 valence electrons. The third-order valence-electron chi connectivity index (χ3n) is 4.19. The molecule has 3 atom stereocenters. The van der Waals surface area contributed by atoms with E-state index in [1.807, 2.05) is 51.1 Å². The molecule has 0 bridgehead atoms. The Balaban J connectivity index is 2.83. The topological polar surface area (TPSA) is 78.4 Å². The molecule has 3 N–H and O–H groups in total. The molecule has 5 heteroatoms. The zero-order valence-electron chi connectivity index (χ0n) is 15.4. The normalized spacial score (nSPS) is 14.4. The molecular formula is C20H30N2O3. The van der Waals surface area contributed by atoms with E-state index in [0.717, 1.165) is 12.0 Å². The van der Waals surface area contributed by atoms with Crippen molar-refractivity contribution in [1.82, 2.24) is 10.8 Å². The second-order valence-electron chi connectivity index (χ2n) is 6.94. The van der Waals surface area contributed by atoms with Crippen LogP contribution in [0, 0.1) is 17.8 Å². The fraction of sp³-hybridized carbons (Fsp3) is 0.500. The molecule has 1 aromatic rings. The number of carbonyl (C=O) groups is 2. The van der Waals surface area contributed by atoms with Gasteiger partial charge in [0.1, 0.15) is 0 Å². The highest BCUT2D eigenvalue weighted by Gasteiger charge is 2.33. The van der Waals surface area contributed by atoms with E-state index in [1.165, 1.54) is 0 Å². The molecule has 0 aliphatic heterocycles. The maximum absolute atomic E-state index is 12.8. The summed E-state index contributed by atoms with van der Waals surface area (Å²) in [5.41, 5.74) is 2.83. The monoisotopic (exact) mass is 346 g/mol. The van der Waals surface area contributed by atoms with Gasteiger partial charge in [-0.25, -0.2) is 5.48 Å². The number of hydrogen-bond donors (Lipinski definition) is 3. The highest BCUT2D eigenvalue weighted by Crippen LogP contribution is 2.25. The predicted molar refractivity (Wildman–Crippen MR) is 98.9 cm³/mol. The minimum atomic E-state index is -0.631. The Labute approximate surface area is 150 Å². The Morgan fingerprint density at radius 1 is 1.12 bits per heavy atom. The molecule has 5 nitrogen and oxygen atoms in total. The summed E-state index contributed by atoms with van der Waals surface area (Å²) in [6.45, 7) is 9.63. The van der Waals surface area contributed by atoms with E-state index in [2.05, 4.69) is 11.9 Å². The number of allylic oxidation sites excluding steroid dienone is 1. The van der Waals surface area contributed by atoms with Gasteiger partial charge in [-0.05, 0) is 37.7 Å². The number of rotatable bonds is 10. The molecule has 0 unspecified atom stereocenters. The third kappa shape index (κ3) is 7.10. The van der Waals surface area contributed by atoms with Crippen LogP contribution in [0.25, 0.3) is 0 Å². The van der Waals surface area contributed by atoms with Gasteiger partial charge in [0.2, 0.25) is 11.8 Å². The summed E-state index contributed by atoms with van der Waals surface area (Å²) in [4.78, 5) is 24.8. The molecule has 0 fully saturated rings. The van der Waals surface area contributed by atoms with Crippen LogP contribution in [0.4, 0.5) is 0 Å². The van der Waals surface area contributed by atoms with E-state index in [9.17, 15) is 9.59 Å². The number of hydrogen-bond acceptors (Lipinski definition) is 3. The van der Waals surface area contributed by atoms with Crippen molar-refractivity contribution < 1.29 is 14.8 Å². The minimum Gasteiger partial charge on any atom is -0.353 e. The standard InChI is InChI=1S/C20H30N2O3/c1-5-9-17(20(24)22-25)18(12-14(2)3)19(23)21-15(4)13-16-10-7-6-8-11-16/h5-8,10-11,14-15,17-18,25H,1,9,12-13H2,2-4H3,(H,21,23)(H,22,24)/t15-,17+,18-/m1/s1. The minimum absolute atomic E-state index is 0.0499. The van der Waals surface area contributed by atoms with Crippen LogP contribution >= 0.6 is 0 Å². The SMILES string of the molecule is C=CC[C@H](C(=O)NO)[C@@H](CC(C)C)C(=O)N[C@H](C)Cc1ccccc1. The summed E-state index contributed by atoms with van der Waals surface area (Å²) in [5.74, 6) is -1.60. The zero-order valence-corrected chi connectivity index (χ0v) is 15.4. The highest BCUT2D eigenvalue weighted by molar-refractivity contribution is 5.87. The fourth-order valence-corrected chi connectivity index (χ4v) is 3.05. The van der Waals surface area contributed by atoms with Crippen molar-refractivity contribution in [3.05, 3.63) is 48.6 Å². The van der Waals surface area contributed by atoms with Crippen LogP contribution in [0.5, 0.6) is 0 Å². The molecule has 0 aromatic heterocycles. The van der Waals surface area contributed by atoms with Crippen molar-refractivity contribution >= 4 is 11.8 Å². The van der Waals surface area contributed by atoms with Crippen LogP contribution in [0.1, 0.15) is 39.2 Å². The van der Waals surface area contributed by atoms with Crippen LogP contribution in [0.3, 0.4) is 0 Å². The molecule has 0 aliphatic rings. The average Bonchev–Trinajstić information content (AvgIpc) is 2.57.